The van der Waals surface area contributed by atoms with Crippen LogP contribution in [0.3, 0.4) is 0 Å². The molecule has 0 saturated heterocycles. The number of rotatable bonds is 3. The highest BCUT2D eigenvalue weighted by Gasteiger charge is 2.14. The molecule has 2 aromatic rings. The van der Waals surface area contributed by atoms with E-state index in [-0.39, 0.29) is 11.9 Å². The number of amides is 1. The summed E-state index contributed by atoms with van der Waals surface area (Å²) in [5.41, 5.74) is 1.59. The van der Waals surface area contributed by atoms with Crippen LogP contribution in [0.4, 0.5) is 0 Å². The molecule has 0 aliphatic rings. The molecule has 0 bridgehead atoms. The van der Waals surface area contributed by atoms with Gasteiger partial charge in [0.05, 0.1) is 11.6 Å². The lowest BCUT2D eigenvalue weighted by Gasteiger charge is -2.15. The maximum atomic E-state index is 12.2. The van der Waals surface area contributed by atoms with E-state index in [1.807, 2.05) is 31.2 Å². The molecule has 1 N–H and O–H groups in total. The minimum Gasteiger partial charge on any atom is -0.345 e. The normalized spacial score (nSPS) is 11.9. The summed E-state index contributed by atoms with van der Waals surface area (Å²) in [5, 5.41) is 2.95. The van der Waals surface area contributed by atoms with E-state index >= 15 is 0 Å². The Kier molecular flexibility index (Phi) is 4.61. The molecule has 98 valence electrons. The first-order chi connectivity index (χ1) is 9.08. The van der Waals surface area contributed by atoms with E-state index in [2.05, 4.69) is 38.9 Å². The molecule has 0 spiro atoms. The molecule has 1 unspecified atom stereocenters. The van der Waals surface area contributed by atoms with Crippen LogP contribution in [-0.4, -0.2) is 10.9 Å². The van der Waals surface area contributed by atoms with Gasteiger partial charge in [0.25, 0.3) is 5.91 Å². The van der Waals surface area contributed by atoms with E-state index < -0.39 is 0 Å². The van der Waals surface area contributed by atoms with Gasteiger partial charge in [0, 0.05) is 21.8 Å². The Hall–Kier alpha value is -1.33. The third-order valence-electron chi connectivity index (χ3n) is 2.75. The summed E-state index contributed by atoms with van der Waals surface area (Å²) in [4.78, 5) is 16.9. The van der Waals surface area contributed by atoms with Gasteiger partial charge in [-0.15, -0.1) is 12.6 Å². The van der Waals surface area contributed by atoms with Crippen molar-refractivity contribution in [1.29, 1.82) is 0 Å². The van der Waals surface area contributed by atoms with Crippen molar-refractivity contribution in [2.45, 2.75) is 17.9 Å². The van der Waals surface area contributed by atoms with Crippen LogP contribution in [0.2, 0.25) is 0 Å². The number of carbonyl (C=O) groups excluding carboxylic acids is 1. The number of aromatic nitrogens is 1. The lowest BCUT2D eigenvalue weighted by molar-refractivity contribution is 0.0939. The summed E-state index contributed by atoms with van der Waals surface area (Å²) >= 11 is 7.62. The first-order valence-corrected chi connectivity index (χ1v) is 7.01. The van der Waals surface area contributed by atoms with Gasteiger partial charge < -0.3 is 5.32 Å². The molecule has 2 rings (SSSR count). The Balaban J connectivity index is 2.15. The number of nitrogens with zero attached hydrogens (tertiary/aromatic N) is 1. The smallest absolute Gasteiger partial charge is 0.252 e. The van der Waals surface area contributed by atoms with E-state index in [1.165, 1.54) is 0 Å². The SMILES string of the molecule is CC(NC(=O)c1cc(S)ccc1Br)c1ccncc1. The van der Waals surface area contributed by atoms with Crippen LogP contribution in [-0.2, 0) is 0 Å². The summed E-state index contributed by atoms with van der Waals surface area (Å²) in [5.74, 6) is -0.132. The van der Waals surface area contributed by atoms with Crippen LogP contribution in [0.25, 0.3) is 0 Å². The minimum atomic E-state index is -0.132. The van der Waals surface area contributed by atoms with Crippen LogP contribution >= 0.6 is 28.6 Å². The molecule has 1 atom stereocenters. The van der Waals surface area contributed by atoms with Crippen molar-refractivity contribution >= 4 is 34.5 Å². The lowest BCUT2D eigenvalue weighted by Crippen LogP contribution is -2.27. The second-order valence-corrected chi connectivity index (χ2v) is 5.51. The van der Waals surface area contributed by atoms with Gasteiger partial charge in [0.15, 0.2) is 0 Å². The van der Waals surface area contributed by atoms with Crippen LogP contribution in [0.1, 0.15) is 28.9 Å². The molecular weight excluding hydrogens is 324 g/mol. The predicted octanol–water partition coefficient (Wildman–Crippen LogP) is 3.62. The van der Waals surface area contributed by atoms with E-state index in [9.17, 15) is 4.79 Å². The fourth-order valence-electron chi connectivity index (χ4n) is 1.70. The van der Waals surface area contributed by atoms with Gasteiger partial charge in [-0.25, -0.2) is 0 Å². The van der Waals surface area contributed by atoms with Crippen molar-refractivity contribution in [2.24, 2.45) is 0 Å². The summed E-state index contributed by atoms with van der Waals surface area (Å²) < 4.78 is 0.754. The van der Waals surface area contributed by atoms with Crippen LogP contribution in [0.15, 0.2) is 52.1 Å². The van der Waals surface area contributed by atoms with Gasteiger partial charge in [-0.2, -0.15) is 0 Å². The number of pyridine rings is 1. The first kappa shape index (κ1) is 14.1. The van der Waals surface area contributed by atoms with E-state index in [0.29, 0.717) is 5.56 Å². The molecule has 0 radical (unpaired) electrons. The highest BCUT2D eigenvalue weighted by atomic mass is 79.9. The second kappa shape index (κ2) is 6.21. The van der Waals surface area contributed by atoms with Crippen LogP contribution in [0, 0.1) is 0 Å². The van der Waals surface area contributed by atoms with E-state index in [4.69, 9.17) is 0 Å². The fraction of sp³-hybridized carbons (Fsp3) is 0.143. The number of halogens is 1. The van der Waals surface area contributed by atoms with Gasteiger partial charge in [0.1, 0.15) is 0 Å². The summed E-state index contributed by atoms with van der Waals surface area (Å²) in [6, 6.07) is 9.07. The van der Waals surface area contributed by atoms with Crippen molar-refractivity contribution in [2.75, 3.05) is 0 Å². The van der Waals surface area contributed by atoms with E-state index in [0.717, 1.165) is 14.9 Å². The molecule has 1 aromatic carbocycles. The Labute approximate surface area is 126 Å². The summed E-state index contributed by atoms with van der Waals surface area (Å²) in [6.45, 7) is 1.94. The predicted molar refractivity (Wildman–Crippen MR) is 81.5 cm³/mol. The lowest BCUT2D eigenvalue weighted by atomic mass is 10.1. The number of benzene rings is 1. The fourth-order valence-corrected chi connectivity index (χ4v) is 2.33. The average Bonchev–Trinajstić information content (AvgIpc) is 2.42. The van der Waals surface area contributed by atoms with E-state index in [1.54, 1.807) is 18.5 Å². The van der Waals surface area contributed by atoms with Gasteiger partial charge in [-0.1, -0.05) is 0 Å². The number of nitrogens with one attached hydrogen (secondary N) is 1. The van der Waals surface area contributed by atoms with Crippen molar-refractivity contribution in [3.8, 4) is 0 Å². The molecular formula is C14H13BrN2OS. The molecule has 0 fully saturated rings. The second-order valence-electron chi connectivity index (χ2n) is 4.14. The summed E-state index contributed by atoms with van der Waals surface area (Å²) in [7, 11) is 0. The monoisotopic (exact) mass is 336 g/mol. The quantitative estimate of drug-likeness (QED) is 0.840. The Morgan fingerprint density at radius 2 is 2.00 bits per heavy atom. The molecule has 1 heterocycles. The van der Waals surface area contributed by atoms with Crippen LogP contribution < -0.4 is 5.32 Å². The number of carbonyl (C=O) groups is 1. The number of hydrogen-bond acceptors (Lipinski definition) is 3. The highest BCUT2D eigenvalue weighted by Crippen LogP contribution is 2.21. The number of hydrogen-bond donors (Lipinski definition) is 2. The third-order valence-corrected chi connectivity index (χ3v) is 3.72. The van der Waals surface area contributed by atoms with Crippen molar-refractivity contribution in [3.05, 3.63) is 58.3 Å². The first-order valence-electron chi connectivity index (χ1n) is 5.77. The Bertz CT molecular complexity index is 589. The topological polar surface area (TPSA) is 42.0 Å². The molecule has 0 aliphatic carbocycles. The van der Waals surface area contributed by atoms with Crippen molar-refractivity contribution in [1.82, 2.24) is 10.3 Å². The third kappa shape index (κ3) is 3.58. The number of thiol groups is 1. The van der Waals surface area contributed by atoms with Crippen LogP contribution in [0.5, 0.6) is 0 Å². The summed E-state index contributed by atoms with van der Waals surface area (Å²) in [6.07, 6.45) is 3.42. The molecule has 3 nitrogen and oxygen atoms in total. The van der Waals surface area contributed by atoms with Crippen molar-refractivity contribution < 1.29 is 4.79 Å². The maximum Gasteiger partial charge on any atom is 0.252 e. The maximum absolute atomic E-state index is 12.2. The molecule has 1 amide bonds. The Morgan fingerprint density at radius 1 is 1.32 bits per heavy atom. The molecule has 1 aromatic heterocycles. The molecule has 0 aliphatic heterocycles. The molecule has 0 saturated carbocycles. The van der Waals surface area contributed by atoms with Crippen molar-refractivity contribution in [3.63, 3.8) is 0 Å². The zero-order valence-corrected chi connectivity index (χ0v) is 12.8. The minimum absolute atomic E-state index is 0.0778. The highest BCUT2D eigenvalue weighted by molar-refractivity contribution is 9.10. The van der Waals surface area contributed by atoms with Gasteiger partial charge >= 0.3 is 0 Å². The van der Waals surface area contributed by atoms with Gasteiger partial charge in [0.2, 0.25) is 0 Å². The van der Waals surface area contributed by atoms with Gasteiger partial charge in [-0.05, 0) is 58.7 Å². The zero-order valence-electron chi connectivity index (χ0n) is 10.3. The molecule has 19 heavy (non-hydrogen) atoms. The average molecular weight is 337 g/mol. The Morgan fingerprint density at radius 3 is 2.68 bits per heavy atom. The zero-order chi connectivity index (χ0) is 13.8. The molecule has 5 heteroatoms. The van der Waals surface area contributed by atoms with Gasteiger partial charge in [-0.3, -0.25) is 9.78 Å². The largest absolute Gasteiger partial charge is 0.345 e. The standard InChI is InChI=1S/C14H13BrN2OS/c1-9(10-4-6-16-7-5-10)17-14(18)12-8-11(19)2-3-13(12)15/h2-9,19H,1H3,(H,17,18).